The highest BCUT2D eigenvalue weighted by atomic mass is 15.2. The molecule has 114 valence electrons. The number of fused-ring (bicyclic) bond motifs is 1. The Hall–Kier alpha value is -1.77. The van der Waals surface area contributed by atoms with E-state index in [-0.39, 0.29) is 5.41 Å². The molecule has 1 aliphatic carbocycles. The minimum Gasteiger partial charge on any atom is -0.358 e. The third-order valence-electron chi connectivity index (χ3n) is 4.58. The molecule has 21 heavy (non-hydrogen) atoms. The zero-order valence-electron chi connectivity index (χ0n) is 14.1. The first-order chi connectivity index (χ1) is 10.1. The number of anilines is 1. The fraction of sp³-hybridized carbons (Fsp3) is 0.500. The average molecular weight is 285 g/mol. The zero-order chi connectivity index (χ0) is 15.6. The third-order valence-corrected chi connectivity index (χ3v) is 4.58. The maximum absolute atomic E-state index is 4.68. The van der Waals surface area contributed by atoms with Crippen LogP contribution in [-0.2, 0) is 0 Å². The van der Waals surface area contributed by atoms with Crippen molar-refractivity contribution in [1.29, 1.82) is 0 Å². The van der Waals surface area contributed by atoms with Crippen LogP contribution in [0.3, 0.4) is 0 Å². The Morgan fingerprint density at radius 3 is 2.48 bits per heavy atom. The highest BCUT2D eigenvalue weighted by molar-refractivity contribution is 5.84. The molecule has 1 unspecified atom stereocenters. The van der Waals surface area contributed by atoms with E-state index in [1.54, 1.807) is 0 Å². The van der Waals surface area contributed by atoms with Crippen molar-refractivity contribution < 1.29 is 0 Å². The van der Waals surface area contributed by atoms with Gasteiger partial charge in [-0.15, -0.1) is 0 Å². The maximum Gasteiger partial charge on any atom is 0.208 e. The first kappa shape index (κ1) is 15.6. The second kappa shape index (κ2) is 5.92. The molecular formula is C18H27N3. The number of aromatic nitrogens is 2. The molecule has 0 amide bonds. The number of benzene rings is 1. The Balaban J connectivity index is 0.000000774. The van der Waals surface area contributed by atoms with Crippen molar-refractivity contribution in [3.05, 3.63) is 30.3 Å². The van der Waals surface area contributed by atoms with Gasteiger partial charge in [-0.05, 0) is 24.5 Å². The lowest BCUT2D eigenvalue weighted by molar-refractivity contribution is 0.339. The van der Waals surface area contributed by atoms with Crippen LogP contribution in [0.2, 0.25) is 0 Å². The molecular weight excluding hydrogens is 258 g/mol. The number of hydrogen-bond acceptors (Lipinski definition) is 2. The number of allylic oxidation sites excluding steroid dienone is 2. The summed E-state index contributed by atoms with van der Waals surface area (Å²) in [7, 11) is 1.93. The molecule has 1 heterocycles. The van der Waals surface area contributed by atoms with Crippen LogP contribution in [0.25, 0.3) is 16.7 Å². The van der Waals surface area contributed by atoms with Gasteiger partial charge in [0.25, 0.3) is 0 Å². The van der Waals surface area contributed by atoms with E-state index in [1.807, 2.05) is 27.0 Å². The largest absolute Gasteiger partial charge is 0.358 e. The van der Waals surface area contributed by atoms with Crippen LogP contribution in [0.5, 0.6) is 0 Å². The van der Waals surface area contributed by atoms with Crippen LogP contribution < -0.4 is 5.32 Å². The minimum atomic E-state index is 0.176. The number of imidazole rings is 1. The molecule has 3 nitrogen and oxygen atoms in total. The van der Waals surface area contributed by atoms with Crippen molar-refractivity contribution >= 4 is 22.7 Å². The van der Waals surface area contributed by atoms with Gasteiger partial charge in [-0.25, -0.2) is 4.98 Å². The summed E-state index contributed by atoms with van der Waals surface area (Å²) in [4.78, 5) is 4.68. The topological polar surface area (TPSA) is 29.9 Å². The molecule has 0 spiro atoms. The van der Waals surface area contributed by atoms with E-state index in [0.29, 0.717) is 5.92 Å². The van der Waals surface area contributed by atoms with Crippen molar-refractivity contribution in [1.82, 2.24) is 9.55 Å². The molecule has 0 fully saturated rings. The zero-order valence-corrected chi connectivity index (χ0v) is 14.1. The maximum atomic E-state index is 4.68. The van der Waals surface area contributed by atoms with E-state index in [2.05, 4.69) is 59.9 Å². The van der Waals surface area contributed by atoms with Crippen LogP contribution in [0.4, 0.5) is 5.95 Å². The van der Waals surface area contributed by atoms with E-state index < -0.39 is 0 Å². The fourth-order valence-corrected chi connectivity index (χ4v) is 2.92. The summed E-state index contributed by atoms with van der Waals surface area (Å²) in [6.07, 6.45) is 3.50. The lowest BCUT2D eigenvalue weighted by Crippen LogP contribution is -2.21. The molecule has 1 aromatic carbocycles. The molecule has 1 aromatic heterocycles. The van der Waals surface area contributed by atoms with Crippen molar-refractivity contribution in [2.45, 2.75) is 41.0 Å². The second-order valence-electron chi connectivity index (χ2n) is 5.96. The summed E-state index contributed by atoms with van der Waals surface area (Å²) in [5.74, 6) is 1.59. The summed E-state index contributed by atoms with van der Waals surface area (Å²) in [6.45, 7) is 11.0. The predicted molar refractivity (Wildman–Crippen MR) is 92.5 cm³/mol. The van der Waals surface area contributed by atoms with Gasteiger partial charge in [-0.2, -0.15) is 0 Å². The smallest absolute Gasteiger partial charge is 0.208 e. The lowest BCUT2D eigenvalue weighted by Gasteiger charge is -2.29. The number of hydrogen-bond donors (Lipinski definition) is 1. The Kier molecular flexibility index (Phi) is 4.40. The quantitative estimate of drug-likeness (QED) is 0.840. The van der Waals surface area contributed by atoms with Gasteiger partial charge in [-0.1, -0.05) is 52.8 Å². The number of para-hydroxylation sites is 2. The van der Waals surface area contributed by atoms with Crippen LogP contribution in [0, 0.1) is 11.3 Å². The molecule has 0 saturated carbocycles. The highest BCUT2D eigenvalue weighted by Crippen LogP contribution is 2.47. The van der Waals surface area contributed by atoms with Gasteiger partial charge in [0.05, 0.1) is 11.0 Å². The molecule has 1 aliphatic rings. The van der Waals surface area contributed by atoms with Crippen molar-refractivity contribution in [3.8, 4) is 0 Å². The molecule has 1 atom stereocenters. The van der Waals surface area contributed by atoms with E-state index in [9.17, 15) is 0 Å². The Labute approximate surface area is 128 Å². The molecule has 0 aliphatic heterocycles. The monoisotopic (exact) mass is 285 g/mol. The Bertz CT molecular complexity index is 650. The van der Waals surface area contributed by atoms with Gasteiger partial charge in [0.1, 0.15) is 0 Å². The van der Waals surface area contributed by atoms with Gasteiger partial charge in [0, 0.05) is 18.2 Å². The second-order valence-corrected chi connectivity index (χ2v) is 5.96. The Morgan fingerprint density at radius 2 is 1.90 bits per heavy atom. The first-order valence-corrected chi connectivity index (χ1v) is 7.92. The van der Waals surface area contributed by atoms with Crippen LogP contribution in [-0.4, -0.2) is 16.6 Å². The van der Waals surface area contributed by atoms with Crippen molar-refractivity contribution in [2.24, 2.45) is 11.3 Å². The SMILES string of the molecule is CC.CNc1nc2ccccc2n1C1=CCC(C)C1(C)C. The standard InChI is InChI=1S/C16H21N3.C2H6/c1-11-9-10-14(16(11,2)3)19-13-8-6-5-7-12(13)18-15(19)17-4;1-2/h5-8,10-11H,9H2,1-4H3,(H,17,18);1-2H3. The number of rotatable bonds is 2. The fourth-order valence-electron chi connectivity index (χ4n) is 2.92. The van der Waals surface area contributed by atoms with Gasteiger partial charge >= 0.3 is 0 Å². The summed E-state index contributed by atoms with van der Waals surface area (Å²) in [5, 5.41) is 3.23. The average Bonchev–Trinajstić information content (AvgIpc) is 2.99. The van der Waals surface area contributed by atoms with E-state index >= 15 is 0 Å². The van der Waals surface area contributed by atoms with Crippen LogP contribution >= 0.6 is 0 Å². The molecule has 0 radical (unpaired) electrons. The van der Waals surface area contributed by atoms with Gasteiger partial charge in [0.15, 0.2) is 0 Å². The molecule has 0 bridgehead atoms. The summed E-state index contributed by atoms with van der Waals surface area (Å²) >= 11 is 0. The van der Waals surface area contributed by atoms with Gasteiger partial charge in [0.2, 0.25) is 5.95 Å². The van der Waals surface area contributed by atoms with E-state index in [0.717, 1.165) is 17.9 Å². The Morgan fingerprint density at radius 1 is 1.24 bits per heavy atom. The van der Waals surface area contributed by atoms with E-state index in [4.69, 9.17) is 0 Å². The summed E-state index contributed by atoms with van der Waals surface area (Å²) < 4.78 is 2.28. The molecule has 3 rings (SSSR count). The van der Waals surface area contributed by atoms with Gasteiger partial charge in [-0.3, -0.25) is 4.57 Å². The first-order valence-electron chi connectivity index (χ1n) is 7.92. The third kappa shape index (κ3) is 2.45. The van der Waals surface area contributed by atoms with Gasteiger partial charge < -0.3 is 5.32 Å². The van der Waals surface area contributed by atoms with Crippen molar-refractivity contribution in [3.63, 3.8) is 0 Å². The predicted octanol–water partition coefficient (Wildman–Crippen LogP) is 5.01. The minimum absolute atomic E-state index is 0.176. The molecule has 0 saturated heterocycles. The normalized spacial score (nSPS) is 19.9. The summed E-state index contributed by atoms with van der Waals surface area (Å²) in [5.41, 5.74) is 3.76. The molecule has 1 N–H and O–H groups in total. The highest BCUT2D eigenvalue weighted by Gasteiger charge is 2.36. The van der Waals surface area contributed by atoms with Crippen LogP contribution in [0.1, 0.15) is 41.0 Å². The molecule has 2 aromatic rings. The number of nitrogens with one attached hydrogen (secondary N) is 1. The number of nitrogens with zero attached hydrogens (tertiary/aromatic N) is 2. The lowest BCUT2D eigenvalue weighted by atomic mass is 9.81. The molecule has 3 heteroatoms. The summed E-state index contributed by atoms with van der Waals surface area (Å²) in [6, 6.07) is 8.32. The van der Waals surface area contributed by atoms with Crippen LogP contribution in [0.15, 0.2) is 30.3 Å². The van der Waals surface area contributed by atoms with Crippen molar-refractivity contribution in [2.75, 3.05) is 12.4 Å². The van der Waals surface area contributed by atoms with E-state index in [1.165, 1.54) is 11.2 Å².